The number of unbranched alkanes of at least 4 members (excludes halogenated alkanes) is 28. The van der Waals surface area contributed by atoms with Crippen molar-refractivity contribution in [2.45, 2.75) is 320 Å². The zero-order valence-electron chi connectivity index (χ0n) is 61.2. The lowest BCUT2D eigenvalue weighted by atomic mass is 9.69. The lowest BCUT2D eigenvalue weighted by Gasteiger charge is -2.38. The van der Waals surface area contributed by atoms with E-state index in [-0.39, 0.29) is 22.6 Å². The van der Waals surface area contributed by atoms with Crippen LogP contribution in [0.15, 0.2) is 115 Å². The van der Waals surface area contributed by atoms with Gasteiger partial charge in [-0.25, -0.2) is 4.79 Å². The van der Waals surface area contributed by atoms with Crippen molar-refractivity contribution < 1.29 is 19.1 Å². The number of carbonyl (C=O) groups is 3. The van der Waals surface area contributed by atoms with E-state index in [4.69, 9.17) is 4.74 Å². The largest absolute Gasteiger partial charge is 0.450 e. The van der Waals surface area contributed by atoms with Gasteiger partial charge in [0.05, 0.1) is 5.56 Å². The Bertz CT molecular complexity index is 2940. The topological polar surface area (TPSA) is 96.5 Å². The normalized spacial score (nSPS) is 16.2. The Hall–Kier alpha value is -5.39. The van der Waals surface area contributed by atoms with Gasteiger partial charge < -0.3 is 20.7 Å². The summed E-state index contributed by atoms with van der Waals surface area (Å²) >= 11 is 0. The molecule has 96 heavy (non-hydrogen) atoms. The molecule has 0 amide bonds. The number of nitrogens with one attached hydrogen (secondary N) is 3. The second-order valence-corrected chi connectivity index (χ2v) is 29.7. The summed E-state index contributed by atoms with van der Waals surface area (Å²) in [6, 6.07) is 35.3. The predicted molar refractivity (Wildman–Crippen MR) is 408 cm³/mol. The SMILES string of the molecule is CCCCCCCCCCCCCCC#C/C(C)=C/C(=O)CC1(c2ccc(/C(=C\CCCCCCCC(=O)CC3(c4cccc(-c5ccc(C6(OC(=O)c7ccc(CCCCCCCC)cc7)CCNCC6)cc5)c4)CCNCC3)CCCCCCCCC)cc2)CCNCC1. The molecule has 4 aromatic carbocycles. The van der Waals surface area contributed by atoms with Crippen LogP contribution in [0.2, 0.25) is 0 Å². The number of piperidine rings is 3. The van der Waals surface area contributed by atoms with Gasteiger partial charge in [-0.05, 0) is 186 Å². The molecule has 526 valence electrons. The van der Waals surface area contributed by atoms with Crippen molar-refractivity contribution in [3.8, 4) is 23.0 Å². The van der Waals surface area contributed by atoms with Gasteiger partial charge in [-0.1, -0.05) is 284 Å². The van der Waals surface area contributed by atoms with Crippen molar-refractivity contribution in [1.29, 1.82) is 0 Å². The van der Waals surface area contributed by atoms with Gasteiger partial charge in [-0.3, -0.25) is 9.59 Å². The molecule has 0 aliphatic carbocycles. The molecule has 3 heterocycles. The third-order valence-electron chi connectivity index (χ3n) is 21.9. The Morgan fingerprint density at radius 2 is 0.938 bits per heavy atom. The molecule has 4 aromatic rings. The molecule has 0 atom stereocenters. The van der Waals surface area contributed by atoms with Crippen LogP contribution in [0, 0.1) is 11.8 Å². The molecule has 7 rings (SSSR count). The first-order valence-electron chi connectivity index (χ1n) is 39.8. The van der Waals surface area contributed by atoms with Gasteiger partial charge in [0.15, 0.2) is 5.78 Å². The number of carbonyl (C=O) groups excluding carboxylic acids is 3. The maximum Gasteiger partial charge on any atom is 0.339 e. The van der Waals surface area contributed by atoms with Crippen LogP contribution in [0.5, 0.6) is 0 Å². The highest BCUT2D eigenvalue weighted by atomic mass is 16.6. The van der Waals surface area contributed by atoms with Crippen molar-refractivity contribution in [3.63, 3.8) is 0 Å². The molecular weight excluding hydrogens is 1170 g/mol. The van der Waals surface area contributed by atoms with Gasteiger partial charge in [-0.2, -0.15) is 0 Å². The fourth-order valence-electron chi connectivity index (χ4n) is 15.7. The summed E-state index contributed by atoms with van der Waals surface area (Å²) in [7, 11) is 0. The summed E-state index contributed by atoms with van der Waals surface area (Å²) in [6.07, 6.45) is 54.1. The molecule has 0 unspecified atom stereocenters. The Labute approximate surface area is 585 Å². The third kappa shape index (κ3) is 27.4. The fraction of sp³-hybridized carbons (Fsp3) is 0.629. The fourth-order valence-corrected chi connectivity index (χ4v) is 15.7. The van der Waals surface area contributed by atoms with Crippen LogP contribution in [0.1, 0.15) is 336 Å². The Kier molecular flexibility index (Phi) is 36.8. The number of ether oxygens (including phenoxy) is 1. The van der Waals surface area contributed by atoms with E-state index in [9.17, 15) is 14.4 Å². The Balaban J connectivity index is 0.875. The molecule has 3 fully saturated rings. The maximum absolute atomic E-state index is 14.1. The minimum absolute atomic E-state index is 0.163. The number of rotatable bonds is 47. The maximum atomic E-state index is 14.1. The van der Waals surface area contributed by atoms with Gasteiger partial charge in [0.1, 0.15) is 11.4 Å². The van der Waals surface area contributed by atoms with Crippen molar-refractivity contribution >= 4 is 23.1 Å². The average molecular weight is 1310 g/mol. The van der Waals surface area contributed by atoms with E-state index < -0.39 is 5.60 Å². The first-order chi connectivity index (χ1) is 47.1. The van der Waals surface area contributed by atoms with Crippen LogP contribution >= 0.6 is 0 Å². The second kappa shape index (κ2) is 45.3. The number of aryl methyl sites for hydroxylation is 1. The van der Waals surface area contributed by atoms with Crippen LogP contribution in [0.4, 0.5) is 0 Å². The Morgan fingerprint density at radius 1 is 0.458 bits per heavy atom. The van der Waals surface area contributed by atoms with Gasteiger partial charge in [-0.15, -0.1) is 0 Å². The molecule has 3 aliphatic heterocycles. The lowest BCUT2D eigenvalue weighted by molar-refractivity contribution is -0.120. The molecular formula is C89H131N3O4. The number of hydrogen-bond acceptors (Lipinski definition) is 7. The zero-order chi connectivity index (χ0) is 67.6. The summed E-state index contributed by atoms with van der Waals surface area (Å²) in [4.78, 5) is 41.7. The number of benzene rings is 4. The van der Waals surface area contributed by atoms with Crippen molar-refractivity contribution in [1.82, 2.24) is 16.0 Å². The number of ketones is 2. The summed E-state index contributed by atoms with van der Waals surface area (Å²) in [6.45, 7) is 14.1. The quantitative estimate of drug-likeness (QED) is 0.0175. The molecule has 0 aromatic heterocycles. The molecule has 0 spiro atoms. The standard InChI is InChI=1S/C89H131N3O4/c1-5-8-11-14-17-18-19-20-21-22-23-25-28-33-39-74(4)70-85(94)73-87(58-64-90-65-59-87)81-54-50-77(51-55-81)76(41-35-30-24-15-12-9-6-2)42-36-31-26-27-32-37-45-84(93)72-88(60-66-91-67-61-88)83-44-38-43-80(71-83)78-52-56-82(57-53-78)89(62-68-92-69-63-89)96-86(95)79-48-46-75(47-49-79)40-34-29-16-13-10-7-3/h38,42-44,46-57,70-71,90-92H,5-32,34-37,40-41,45,58-69,72-73H2,1-4H3/b74-70+,76-42-. The van der Waals surface area contributed by atoms with E-state index in [1.165, 1.54) is 188 Å². The van der Waals surface area contributed by atoms with E-state index in [1.54, 1.807) is 0 Å². The molecule has 3 aliphatic rings. The number of hydrogen-bond donors (Lipinski definition) is 3. The van der Waals surface area contributed by atoms with Crippen LogP contribution in [-0.2, 0) is 37.2 Å². The molecule has 7 nitrogen and oxygen atoms in total. The highest BCUT2D eigenvalue weighted by Crippen LogP contribution is 2.42. The van der Waals surface area contributed by atoms with E-state index in [0.29, 0.717) is 30.6 Å². The van der Waals surface area contributed by atoms with Crippen molar-refractivity contribution in [2.24, 2.45) is 0 Å². The monoisotopic (exact) mass is 1310 g/mol. The van der Waals surface area contributed by atoms with E-state index in [2.05, 4.69) is 140 Å². The highest BCUT2D eigenvalue weighted by molar-refractivity contribution is 5.92. The third-order valence-corrected chi connectivity index (χ3v) is 21.9. The molecule has 0 bridgehead atoms. The van der Waals surface area contributed by atoms with Crippen LogP contribution in [0.25, 0.3) is 16.7 Å². The molecule has 0 radical (unpaired) electrons. The van der Waals surface area contributed by atoms with Crippen molar-refractivity contribution in [3.05, 3.63) is 148 Å². The average Bonchev–Trinajstić information content (AvgIpc) is 0.804. The minimum Gasteiger partial charge on any atom is -0.450 e. The summed E-state index contributed by atoms with van der Waals surface area (Å²) in [5.74, 6) is 7.05. The highest BCUT2D eigenvalue weighted by Gasteiger charge is 2.40. The van der Waals surface area contributed by atoms with E-state index in [1.807, 2.05) is 25.1 Å². The smallest absolute Gasteiger partial charge is 0.339 e. The predicted octanol–water partition coefficient (Wildman–Crippen LogP) is 22.8. The van der Waals surface area contributed by atoms with E-state index in [0.717, 1.165) is 158 Å². The van der Waals surface area contributed by atoms with E-state index >= 15 is 0 Å². The van der Waals surface area contributed by atoms with Crippen LogP contribution in [-0.4, -0.2) is 56.8 Å². The summed E-state index contributed by atoms with van der Waals surface area (Å²) < 4.78 is 6.55. The zero-order valence-corrected chi connectivity index (χ0v) is 61.2. The minimum atomic E-state index is -0.689. The molecule has 3 N–H and O–H groups in total. The van der Waals surface area contributed by atoms with Gasteiger partial charge >= 0.3 is 5.97 Å². The Morgan fingerprint density at radius 3 is 1.51 bits per heavy atom. The van der Waals surface area contributed by atoms with Gasteiger partial charge in [0, 0.05) is 54.9 Å². The van der Waals surface area contributed by atoms with Gasteiger partial charge in [0.25, 0.3) is 0 Å². The first-order valence-corrected chi connectivity index (χ1v) is 39.8. The first kappa shape index (κ1) is 78.0. The summed E-state index contributed by atoms with van der Waals surface area (Å²) in [5, 5.41) is 10.7. The number of Topliss-reactive ketones (excluding diaryl/α,β-unsaturated/α-hetero) is 1. The number of esters is 1. The van der Waals surface area contributed by atoms with Crippen LogP contribution < -0.4 is 16.0 Å². The lowest BCUT2D eigenvalue weighted by Crippen LogP contribution is -2.43. The molecule has 0 saturated carbocycles. The van der Waals surface area contributed by atoms with Gasteiger partial charge in [0.2, 0.25) is 0 Å². The summed E-state index contributed by atoms with van der Waals surface area (Å²) in [5.41, 5.74) is 10.5. The molecule has 7 heteroatoms. The second-order valence-electron chi connectivity index (χ2n) is 29.7. The van der Waals surface area contributed by atoms with Crippen molar-refractivity contribution in [2.75, 3.05) is 39.3 Å². The molecule has 3 saturated heterocycles. The number of allylic oxidation sites excluding steroid dienone is 4. The van der Waals surface area contributed by atoms with Crippen LogP contribution in [0.3, 0.4) is 0 Å².